The van der Waals surface area contributed by atoms with Gasteiger partial charge in [0.2, 0.25) is 0 Å². The van der Waals surface area contributed by atoms with Crippen molar-refractivity contribution in [2.24, 2.45) is 0 Å². The zero-order chi connectivity index (χ0) is 14.0. The fraction of sp³-hybridized carbons (Fsp3) is 0.471. The van der Waals surface area contributed by atoms with Crippen molar-refractivity contribution in [2.75, 3.05) is 14.2 Å². The molecule has 0 bridgehead atoms. The van der Waals surface area contributed by atoms with Crippen molar-refractivity contribution in [3.05, 3.63) is 42.2 Å². The van der Waals surface area contributed by atoms with Crippen LogP contribution in [0.1, 0.15) is 37.3 Å². The molecule has 20 heavy (non-hydrogen) atoms. The second-order valence-electron chi connectivity index (χ2n) is 5.73. The van der Waals surface area contributed by atoms with Crippen LogP contribution in [0.15, 0.2) is 36.7 Å². The van der Waals surface area contributed by atoms with Crippen LogP contribution >= 0.6 is 0 Å². The first-order valence-corrected chi connectivity index (χ1v) is 7.33. The Labute approximate surface area is 120 Å². The van der Waals surface area contributed by atoms with E-state index in [0.29, 0.717) is 6.04 Å². The fourth-order valence-electron chi connectivity index (χ4n) is 3.24. The van der Waals surface area contributed by atoms with Gasteiger partial charge in [0, 0.05) is 30.9 Å². The maximum absolute atomic E-state index is 5.78. The van der Waals surface area contributed by atoms with Crippen LogP contribution in [0.3, 0.4) is 0 Å². The monoisotopic (exact) mass is 270 g/mol. The second kappa shape index (κ2) is 5.51. The standard InChI is InChI=1S/C17H22N2O/c1-18-16(11-17(20-2)8-4-9-17)14-6-3-5-13-7-10-19-12-15(13)14/h3,5-7,10,12,16,18H,4,8-9,11H2,1-2H3. The van der Waals surface area contributed by atoms with Crippen LogP contribution in [0.25, 0.3) is 10.8 Å². The maximum atomic E-state index is 5.78. The van der Waals surface area contributed by atoms with Crippen molar-refractivity contribution < 1.29 is 4.74 Å². The van der Waals surface area contributed by atoms with Crippen LogP contribution < -0.4 is 5.32 Å². The van der Waals surface area contributed by atoms with E-state index in [1.165, 1.54) is 35.6 Å². The maximum Gasteiger partial charge on any atom is 0.0697 e. The number of hydrogen-bond donors (Lipinski definition) is 1. The van der Waals surface area contributed by atoms with E-state index in [1.54, 1.807) is 0 Å². The number of hydrogen-bond acceptors (Lipinski definition) is 3. The minimum atomic E-state index is 0.0675. The molecule has 1 atom stereocenters. The Kier molecular flexibility index (Phi) is 3.72. The van der Waals surface area contributed by atoms with Crippen LogP contribution in [0.2, 0.25) is 0 Å². The molecule has 0 aliphatic heterocycles. The molecule has 1 aromatic carbocycles. The Hall–Kier alpha value is -1.45. The van der Waals surface area contributed by atoms with E-state index in [4.69, 9.17) is 4.74 Å². The van der Waals surface area contributed by atoms with Gasteiger partial charge in [-0.25, -0.2) is 0 Å². The highest BCUT2D eigenvalue weighted by Crippen LogP contribution is 2.42. The van der Waals surface area contributed by atoms with Gasteiger partial charge in [0.05, 0.1) is 5.60 Å². The molecule has 1 aliphatic rings. The molecule has 3 rings (SSSR count). The molecule has 2 aromatic rings. The van der Waals surface area contributed by atoms with Gasteiger partial charge in [-0.15, -0.1) is 0 Å². The lowest BCUT2D eigenvalue weighted by molar-refractivity contribution is -0.0833. The average molecular weight is 270 g/mol. The molecule has 0 amide bonds. The fourth-order valence-corrected chi connectivity index (χ4v) is 3.24. The van der Waals surface area contributed by atoms with Gasteiger partial charge in [-0.1, -0.05) is 18.2 Å². The van der Waals surface area contributed by atoms with E-state index < -0.39 is 0 Å². The summed E-state index contributed by atoms with van der Waals surface area (Å²) >= 11 is 0. The summed E-state index contributed by atoms with van der Waals surface area (Å²) in [7, 11) is 3.87. The minimum absolute atomic E-state index is 0.0675. The van der Waals surface area contributed by atoms with Crippen LogP contribution in [-0.4, -0.2) is 24.7 Å². The molecule has 1 aromatic heterocycles. The molecule has 1 fully saturated rings. The Bertz CT molecular complexity index is 582. The molecule has 3 heteroatoms. The number of aromatic nitrogens is 1. The number of ether oxygens (including phenoxy) is 1. The summed E-state index contributed by atoms with van der Waals surface area (Å²) in [6.45, 7) is 0. The number of benzene rings is 1. The molecule has 1 saturated carbocycles. The summed E-state index contributed by atoms with van der Waals surface area (Å²) < 4.78 is 5.78. The summed E-state index contributed by atoms with van der Waals surface area (Å²) in [6.07, 6.45) is 8.46. The van der Waals surface area contributed by atoms with Crippen molar-refractivity contribution in [1.29, 1.82) is 0 Å². The first-order valence-electron chi connectivity index (χ1n) is 7.33. The average Bonchev–Trinajstić information content (AvgIpc) is 2.47. The van der Waals surface area contributed by atoms with Gasteiger partial charge in [-0.3, -0.25) is 4.98 Å². The molecule has 1 heterocycles. The third-order valence-corrected chi connectivity index (χ3v) is 4.72. The molecule has 0 radical (unpaired) electrons. The first kappa shape index (κ1) is 13.5. The molecule has 0 spiro atoms. The highest BCUT2D eigenvalue weighted by Gasteiger charge is 2.39. The topological polar surface area (TPSA) is 34.1 Å². The zero-order valence-electron chi connectivity index (χ0n) is 12.2. The van der Waals surface area contributed by atoms with Crippen LogP contribution in [-0.2, 0) is 4.74 Å². The molecular weight excluding hydrogens is 248 g/mol. The zero-order valence-corrected chi connectivity index (χ0v) is 12.2. The Balaban J connectivity index is 1.95. The number of rotatable bonds is 5. The smallest absolute Gasteiger partial charge is 0.0697 e. The Morgan fingerprint density at radius 2 is 2.20 bits per heavy atom. The lowest BCUT2D eigenvalue weighted by atomic mass is 9.74. The van der Waals surface area contributed by atoms with Crippen molar-refractivity contribution in [3.63, 3.8) is 0 Å². The number of methoxy groups -OCH3 is 1. The summed E-state index contributed by atoms with van der Waals surface area (Å²) in [4.78, 5) is 4.28. The van der Waals surface area contributed by atoms with Gasteiger partial charge in [0.15, 0.2) is 0 Å². The molecular formula is C17H22N2O. The summed E-state index contributed by atoms with van der Waals surface area (Å²) in [5.41, 5.74) is 1.39. The Morgan fingerprint density at radius 1 is 1.35 bits per heavy atom. The van der Waals surface area contributed by atoms with Crippen molar-refractivity contribution in [2.45, 2.75) is 37.3 Å². The van der Waals surface area contributed by atoms with Crippen molar-refractivity contribution in [1.82, 2.24) is 10.3 Å². The third kappa shape index (κ3) is 2.32. The van der Waals surface area contributed by atoms with Gasteiger partial charge in [0.25, 0.3) is 0 Å². The number of nitrogens with zero attached hydrogens (tertiary/aromatic N) is 1. The largest absolute Gasteiger partial charge is 0.378 e. The highest BCUT2D eigenvalue weighted by atomic mass is 16.5. The third-order valence-electron chi connectivity index (χ3n) is 4.72. The van der Waals surface area contributed by atoms with Crippen LogP contribution in [0, 0.1) is 0 Å². The summed E-state index contributed by atoms with van der Waals surface area (Å²) in [5, 5.41) is 5.94. The molecule has 1 aliphatic carbocycles. The quantitative estimate of drug-likeness (QED) is 0.903. The number of pyridine rings is 1. The van der Waals surface area contributed by atoms with E-state index in [-0.39, 0.29) is 5.60 Å². The lowest BCUT2D eigenvalue weighted by Gasteiger charge is -2.43. The SMILES string of the molecule is CNC(CC1(OC)CCC1)c1cccc2ccncc12. The van der Waals surface area contributed by atoms with Gasteiger partial charge in [0.1, 0.15) is 0 Å². The summed E-state index contributed by atoms with van der Waals surface area (Å²) in [5.74, 6) is 0. The second-order valence-corrected chi connectivity index (χ2v) is 5.73. The molecule has 3 nitrogen and oxygen atoms in total. The minimum Gasteiger partial charge on any atom is -0.378 e. The predicted molar refractivity (Wildman–Crippen MR) is 81.8 cm³/mol. The van der Waals surface area contributed by atoms with E-state index >= 15 is 0 Å². The van der Waals surface area contributed by atoms with Crippen LogP contribution in [0.4, 0.5) is 0 Å². The van der Waals surface area contributed by atoms with E-state index in [1.807, 2.05) is 26.6 Å². The van der Waals surface area contributed by atoms with E-state index in [9.17, 15) is 0 Å². The van der Waals surface area contributed by atoms with Gasteiger partial charge >= 0.3 is 0 Å². The van der Waals surface area contributed by atoms with Crippen molar-refractivity contribution in [3.8, 4) is 0 Å². The Morgan fingerprint density at radius 3 is 2.85 bits per heavy atom. The lowest BCUT2D eigenvalue weighted by Crippen LogP contribution is -2.42. The van der Waals surface area contributed by atoms with E-state index in [0.717, 1.165) is 6.42 Å². The van der Waals surface area contributed by atoms with Gasteiger partial charge < -0.3 is 10.1 Å². The molecule has 0 saturated heterocycles. The molecule has 1 unspecified atom stereocenters. The molecule has 1 N–H and O–H groups in total. The first-order chi connectivity index (χ1) is 9.78. The van der Waals surface area contributed by atoms with Crippen molar-refractivity contribution >= 4 is 10.8 Å². The highest BCUT2D eigenvalue weighted by molar-refractivity contribution is 5.85. The van der Waals surface area contributed by atoms with Gasteiger partial charge in [-0.2, -0.15) is 0 Å². The molecule has 106 valence electrons. The van der Waals surface area contributed by atoms with E-state index in [2.05, 4.69) is 34.6 Å². The van der Waals surface area contributed by atoms with Gasteiger partial charge in [-0.05, 0) is 49.7 Å². The summed E-state index contributed by atoms with van der Waals surface area (Å²) in [6, 6.07) is 8.85. The predicted octanol–water partition coefficient (Wildman–Crippen LogP) is 3.45. The number of nitrogens with one attached hydrogen (secondary N) is 1. The normalized spacial score (nSPS) is 18.7. The van der Waals surface area contributed by atoms with Crippen LogP contribution in [0.5, 0.6) is 0 Å². The number of fused-ring (bicyclic) bond motifs is 1.